The summed E-state index contributed by atoms with van der Waals surface area (Å²) in [5.41, 5.74) is -3.08. The predicted octanol–water partition coefficient (Wildman–Crippen LogP) is 2.24. The minimum Gasteiger partial charge on any atom is -0.347 e. The van der Waals surface area contributed by atoms with E-state index in [0.717, 1.165) is 13.0 Å². The van der Waals surface area contributed by atoms with Gasteiger partial charge in [-0.1, -0.05) is 0 Å². The van der Waals surface area contributed by atoms with Gasteiger partial charge in [0.2, 0.25) is 0 Å². The Morgan fingerprint density at radius 3 is 2.43 bits per heavy atom. The third kappa shape index (κ3) is 6.05. The van der Waals surface area contributed by atoms with Crippen LogP contribution in [0.2, 0.25) is 0 Å². The molecule has 5 nitrogen and oxygen atoms in total. The average molecular weight is 333 g/mol. The molecule has 1 aromatic rings. The predicted molar refractivity (Wildman–Crippen MR) is 81.4 cm³/mol. The molecule has 1 aromatic heterocycles. The van der Waals surface area contributed by atoms with Crippen molar-refractivity contribution in [1.82, 2.24) is 15.2 Å². The van der Waals surface area contributed by atoms with Crippen LogP contribution >= 0.6 is 0 Å². The molecule has 0 aliphatic rings. The van der Waals surface area contributed by atoms with Crippen LogP contribution in [0.4, 0.5) is 13.2 Å². The lowest BCUT2D eigenvalue weighted by Crippen LogP contribution is -2.45. The van der Waals surface area contributed by atoms with Crippen LogP contribution < -0.4 is 10.9 Å². The number of H-pyrrole nitrogens is 1. The molecule has 2 N–H and O–H groups in total. The minimum atomic E-state index is -4.62. The first kappa shape index (κ1) is 19.2. The van der Waals surface area contributed by atoms with Crippen molar-refractivity contribution in [2.75, 3.05) is 20.6 Å². The highest BCUT2D eigenvalue weighted by Gasteiger charge is 2.32. The molecule has 0 aromatic carbocycles. The fourth-order valence-corrected chi connectivity index (χ4v) is 2.09. The van der Waals surface area contributed by atoms with Gasteiger partial charge in [-0.2, -0.15) is 13.2 Å². The van der Waals surface area contributed by atoms with Crippen LogP contribution in [0.15, 0.2) is 17.1 Å². The molecule has 0 aliphatic heterocycles. The smallest absolute Gasteiger partial charge is 0.347 e. The maximum atomic E-state index is 12.7. The van der Waals surface area contributed by atoms with Crippen molar-refractivity contribution < 1.29 is 18.0 Å². The summed E-state index contributed by atoms with van der Waals surface area (Å²) < 4.78 is 38.1. The summed E-state index contributed by atoms with van der Waals surface area (Å²) in [6, 6.07) is 0.573. The van der Waals surface area contributed by atoms with Crippen LogP contribution in [-0.4, -0.2) is 42.0 Å². The van der Waals surface area contributed by atoms with E-state index < -0.39 is 34.3 Å². The van der Waals surface area contributed by atoms with Gasteiger partial charge in [-0.15, -0.1) is 0 Å². The Labute approximate surface area is 132 Å². The van der Waals surface area contributed by atoms with Gasteiger partial charge in [-0.25, -0.2) is 0 Å². The Bertz CT molecular complexity index is 607. The molecule has 0 saturated carbocycles. The van der Waals surface area contributed by atoms with Crippen LogP contribution in [0, 0.1) is 0 Å². The second kappa shape index (κ2) is 7.16. The molecule has 1 heterocycles. The van der Waals surface area contributed by atoms with Crippen molar-refractivity contribution in [3.8, 4) is 0 Å². The maximum Gasteiger partial charge on any atom is 0.417 e. The molecular weight excluding hydrogens is 311 g/mol. The molecule has 23 heavy (non-hydrogen) atoms. The zero-order valence-corrected chi connectivity index (χ0v) is 13.7. The number of nitrogens with one attached hydrogen (secondary N) is 2. The number of amides is 1. The van der Waals surface area contributed by atoms with Gasteiger partial charge in [0.1, 0.15) is 5.56 Å². The second-order valence-electron chi connectivity index (χ2n) is 6.37. The Kier molecular flexibility index (Phi) is 5.98. The highest BCUT2D eigenvalue weighted by molar-refractivity contribution is 5.94. The van der Waals surface area contributed by atoms with E-state index in [1.54, 1.807) is 13.8 Å². The molecule has 1 amide bonds. The lowest BCUT2D eigenvalue weighted by atomic mass is 9.97. The number of hydrogen-bond acceptors (Lipinski definition) is 3. The number of carbonyl (C=O) groups excluding carboxylic acids is 1. The summed E-state index contributed by atoms with van der Waals surface area (Å²) in [6.07, 6.45) is -2.63. The third-order valence-corrected chi connectivity index (χ3v) is 3.33. The lowest BCUT2D eigenvalue weighted by molar-refractivity contribution is -0.137. The van der Waals surface area contributed by atoms with Gasteiger partial charge < -0.3 is 15.2 Å². The zero-order valence-electron chi connectivity index (χ0n) is 13.7. The summed E-state index contributed by atoms with van der Waals surface area (Å²) in [4.78, 5) is 27.7. The monoisotopic (exact) mass is 333 g/mol. The number of pyridine rings is 1. The van der Waals surface area contributed by atoms with Crippen LogP contribution in [0.3, 0.4) is 0 Å². The van der Waals surface area contributed by atoms with Gasteiger partial charge in [0.15, 0.2) is 0 Å². The standard InChI is InChI=1S/C15H22F3N3O2/c1-14(2,6-5-7-21(3)4)20-13(23)11-8-10(15(16,17)18)9-19-12(11)22/h8-9H,5-7H2,1-4H3,(H,19,22)(H,20,23). The normalized spacial score (nSPS) is 12.5. The van der Waals surface area contributed by atoms with Crippen molar-refractivity contribution in [1.29, 1.82) is 0 Å². The van der Waals surface area contributed by atoms with Crippen molar-refractivity contribution in [2.45, 2.75) is 38.4 Å². The summed E-state index contributed by atoms with van der Waals surface area (Å²) in [5.74, 6) is -0.813. The number of nitrogens with zero attached hydrogens (tertiary/aromatic N) is 1. The Morgan fingerprint density at radius 2 is 1.91 bits per heavy atom. The SMILES string of the molecule is CN(C)CCCC(C)(C)NC(=O)c1cc(C(F)(F)F)c[nH]c1=O. The number of alkyl halides is 3. The molecule has 0 fully saturated rings. The summed E-state index contributed by atoms with van der Waals surface area (Å²) >= 11 is 0. The van der Waals surface area contributed by atoms with E-state index in [0.29, 0.717) is 18.7 Å². The number of aromatic amines is 1. The van der Waals surface area contributed by atoms with E-state index in [4.69, 9.17) is 0 Å². The molecule has 0 aliphatic carbocycles. The topological polar surface area (TPSA) is 65.2 Å². The third-order valence-electron chi connectivity index (χ3n) is 3.33. The van der Waals surface area contributed by atoms with E-state index in [2.05, 4.69) is 5.32 Å². The van der Waals surface area contributed by atoms with Gasteiger partial charge in [-0.05, 0) is 53.4 Å². The molecule has 0 saturated heterocycles. The number of aromatic nitrogens is 1. The van der Waals surface area contributed by atoms with Crippen LogP contribution in [-0.2, 0) is 6.18 Å². The number of halogens is 3. The molecule has 0 unspecified atom stereocenters. The maximum absolute atomic E-state index is 12.7. The molecule has 0 bridgehead atoms. The first-order valence-electron chi connectivity index (χ1n) is 7.19. The average Bonchev–Trinajstić information content (AvgIpc) is 2.36. The van der Waals surface area contributed by atoms with E-state index in [-0.39, 0.29) is 0 Å². The second-order valence-corrected chi connectivity index (χ2v) is 6.37. The molecule has 0 spiro atoms. The first-order valence-corrected chi connectivity index (χ1v) is 7.19. The summed E-state index contributed by atoms with van der Waals surface area (Å²) in [6.45, 7) is 4.36. The quantitative estimate of drug-likeness (QED) is 0.839. The van der Waals surface area contributed by atoms with Crippen molar-refractivity contribution in [3.05, 3.63) is 33.7 Å². The van der Waals surface area contributed by atoms with Crippen molar-refractivity contribution in [3.63, 3.8) is 0 Å². The first-order chi connectivity index (χ1) is 10.4. The van der Waals surface area contributed by atoms with Crippen molar-refractivity contribution >= 4 is 5.91 Å². The molecule has 0 radical (unpaired) electrons. The van der Waals surface area contributed by atoms with Gasteiger partial charge >= 0.3 is 6.18 Å². The van der Waals surface area contributed by atoms with E-state index in [9.17, 15) is 22.8 Å². The number of hydrogen-bond donors (Lipinski definition) is 2. The fourth-order valence-electron chi connectivity index (χ4n) is 2.09. The van der Waals surface area contributed by atoms with E-state index in [1.165, 1.54) is 0 Å². The minimum absolute atomic E-state index is 0.541. The Balaban J connectivity index is 2.87. The van der Waals surface area contributed by atoms with Crippen LogP contribution in [0.5, 0.6) is 0 Å². The van der Waals surface area contributed by atoms with E-state index in [1.807, 2.05) is 24.0 Å². The molecule has 8 heteroatoms. The Morgan fingerprint density at radius 1 is 1.30 bits per heavy atom. The van der Waals surface area contributed by atoms with Gasteiger partial charge in [0.25, 0.3) is 11.5 Å². The molecule has 130 valence electrons. The zero-order chi connectivity index (χ0) is 17.8. The molecule has 0 atom stereocenters. The van der Waals surface area contributed by atoms with E-state index >= 15 is 0 Å². The van der Waals surface area contributed by atoms with Gasteiger partial charge in [0, 0.05) is 11.7 Å². The number of carbonyl (C=O) groups is 1. The van der Waals surface area contributed by atoms with Crippen LogP contribution in [0.25, 0.3) is 0 Å². The molecular formula is C15H22F3N3O2. The van der Waals surface area contributed by atoms with Gasteiger partial charge in [0.05, 0.1) is 5.56 Å². The highest BCUT2D eigenvalue weighted by Crippen LogP contribution is 2.28. The number of rotatable bonds is 6. The van der Waals surface area contributed by atoms with Crippen LogP contribution in [0.1, 0.15) is 42.6 Å². The highest BCUT2D eigenvalue weighted by atomic mass is 19.4. The lowest BCUT2D eigenvalue weighted by Gasteiger charge is -2.27. The fraction of sp³-hybridized carbons (Fsp3) is 0.600. The summed E-state index contributed by atoms with van der Waals surface area (Å²) in [7, 11) is 3.85. The Hall–Kier alpha value is -1.83. The summed E-state index contributed by atoms with van der Waals surface area (Å²) in [5, 5.41) is 2.62. The molecule has 1 rings (SSSR count). The largest absolute Gasteiger partial charge is 0.417 e. The van der Waals surface area contributed by atoms with Gasteiger partial charge in [-0.3, -0.25) is 9.59 Å². The van der Waals surface area contributed by atoms with Crippen molar-refractivity contribution in [2.24, 2.45) is 0 Å².